The van der Waals surface area contributed by atoms with Gasteiger partial charge in [-0.25, -0.2) is 4.79 Å². The minimum atomic E-state index is -1.02. The second-order valence-electron chi connectivity index (χ2n) is 3.40. The first kappa shape index (κ1) is 11.9. The number of carboxylic acid groups (broad SMARTS) is 1. The van der Waals surface area contributed by atoms with Crippen molar-refractivity contribution in [2.75, 3.05) is 13.2 Å². The van der Waals surface area contributed by atoms with E-state index in [-0.39, 0.29) is 18.9 Å². The van der Waals surface area contributed by atoms with E-state index in [0.717, 1.165) is 5.39 Å². The lowest BCUT2D eigenvalue weighted by molar-refractivity contribution is 0.0690. The molecule has 0 aliphatic heterocycles. The Morgan fingerprint density at radius 2 is 2.24 bits per heavy atom. The summed E-state index contributed by atoms with van der Waals surface area (Å²) in [5, 5.41) is 18.3. The number of H-pyrrole nitrogens is 1. The van der Waals surface area contributed by atoms with Crippen molar-refractivity contribution < 1.29 is 19.7 Å². The van der Waals surface area contributed by atoms with Gasteiger partial charge >= 0.3 is 5.97 Å². The van der Waals surface area contributed by atoms with Crippen LogP contribution in [-0.4, -0.2) is 34.4 Å². The number of nitrogens with one attached hydrogen (secondary N) is 1. The minimum Gasteiger partial charge on any atom is -0.491 e. The molecule has 2 aromatic rings. The van der Waals surface area contributed by atoms with Gasteiger partial charge in [0, 0.05) is 10.9 Å². The molecule has 0 fully saturated rings. The van der Waals surface area contributed by atoms with Crippen LogP contribution in [0, 0.1) is 0 Å². The van der Waals surface area contributed by atoms with E-state index >= 15 is 0 Å². The third-order valence-electron chi connectivity index (χ3n) is 2.28. The highest BCUT2D eigenvalue weighted by atomic mass is 79.9. The van der Waals surface area contributed by atoms with Crippen LogP contribution in [0.1, 0.15) is 10.5 Å². The summed E-state index contributed by atoms with van der Waals surface area (Å²) >= 11 is 3.24. The largest absolute Gasteiger partial charge is 0.491 e. The SMILES string of the molecule is O=C(O)c1[nH]c2ccc(OCCO)cc2c1Br. The van der Waals surface area contributed by atoms with E-state index < -0.39 is 5.97 Å². The Bertz CT molecular complexity index is 564. The molecule has 0 atom stereocenters. The number of hydrogen-bond acceptors (Lipinski definition) is 3. The van der Waals surface area contributed by atoms with E-state index in [9.17, 15) is 4.79 Å². The summed E-state index contributed by atoms with van der Waals surface area (Å²) in [6.07, 6.45) is 0. The number of aromatic carboxylic acids is 1. The van der Waals surface area contributed by atoms with Gasteiger partial charge in [0.2, 0.25) is 0 Å². The van der Waals surface area contributed by atoms with Gasteiger partial charge in [-0.1, -0.05) is 0 Å². The summed E-state index contributed by atoms with van der Waals surface area (Å²) in [5.74, 6) is -0.436. The molecule has 0 aliphatic rings. The van der Waals surface area contributed by atoms with Crippen molar-refractivity contribution in [3.05, 3.63) is 28.4 Å². The van der Waals surface area contributed by atoms with Gasteiger partial charge in [-0.3, -0.25) is 0 Å². The zero-order valence-corrected chi connectivity index (χ0v) is 10.3. The fraction of sp³-hybridized carbons (Fsp3) is 0.182. The Kier molecular flexibility index (Phi) is 3.35. The Morgan fingerprint density at radius 1 is 1.47 bits per heavy atom. The summed E-state index contributed by atoms with van der Waals surface area (Å²) in [4.78, 5) is 13.7. The fourth-order valence-electron chi connectivity index (χ4n) is 1.54. The highest BCUT2D eigenvalue weighted by Gasteiger charge is 2.15. The average molecular weight is 300 g/mol. The molecule has 0 saturated heterocycles. The lowest BCUT2D eigenvalue weighted by Gasteiger charge is -2.03. The van der Waals surface area contributed by atoms with Crippen molar-refractivity contribution in [3.63, 3.8) is 0 Å². The number of aromatic amines is 1. The van der Waals surface area contributed by atoms with Crippen molar-refractivity contribution >= 4 is 32.8 Å². The molecule has 6 heteroatoms. The number of fused-ring (bicyclic) bond motifs is 1. The minimum absolute atomic E-state index is 0.0628. The number of carboxylic acids is 1. The molecule has 0 bridgehead atoms. The molecule has 3 N–H and O–H groups in total. The number of halogens is 1. The zero-order chi connectivity index (χ0) is 12.4. The number of aliphatic hydroxyl groups is 1. The molecule has 0 amide bonds. The van der Waals surface area contributed by atoms with Gasteiger partial charge in [0.25, 0.3) is 0 Å². The van der Waals surface area contributed by atoms with Crippen LogP contribution in [0.25, 0.3) is 10.9 Å². The molecule has 90 valence electrons. The molecule has 5 nitrogen and oxygen atoms in total. The van der Waals surface area contributed by atoms with Gasteiger partial charge in [0.15, 0.2) is 0 Å². The number of benzene rings is 1. The van der Waals surface area contributed by atoms with Crippen molar-refractivity contribution in [1.82, 2.24) is 4.98 Å². The van der Waals surface area contributed by atoms with E-state index in [0.29, 0.717) is 15.7 Å². The molecule has 0 aliphatic carbocycles. The maximum absolute atomic E-state index is 10.9. The monoisotopic (exact) mass is 299 g/mol. The fourth-order valence-corrected chi connectivity index (χ4v) is 2.14. The molecular formula is C11H10BrNO4. The van der Waals surface area contributed by atoms with Crippen molar-refractivity contribution in [1.29, 1.82) is 0 Å². The first-order valence-corrected chi connectivity index (χ1v) is 5.71. The molecule has 0 unspecified atom stereocenters. The highest BCUT2D eigenvalue weighted by molar-refractivity contribution is 9.10. The molecule has 0 radical (unpaired) electrons. The topological polar surface area (TPSA) is 82.5 Å². The van der Waals surface area contributed by atoms with Crippen LogP contribution in [0.4, 0.5) is 0 Å². The molecule has 0 saturated carbocycles. The molecule has 1 aromatic carbocycles. The van der Waals surface area contributed by atoms with Gasteiger partial charge in [0.05, 0.1) is 11.1 Å². The molecule has 0 spiro atoms. The van der Waals surface area contributed by atoms with Gasteiger partial charge in [-0.2, -0.15) is 0 Å². The standard InChI is InChI=1S/C11H10BrNO4/c12-9-7-5-6(17-4-3-14)1-2-8(7)13-10(9)11(15)16/h1-2,5,13-14H,3-4H2,(H,15,16). The van der Waals surface area contributed by atoms with E-state index in [1.165, 1.54) is 0 Å². The Morgan fingerprint density at radius 3 is 2.88 bits per heavy atom. The van der Waals surface area contributed by atoms with Crippen molar-refractivity contribution in [2.45, 2.75) is 0 Å². The summed E-state index contributed by atoms with van der Waals surface area (Å²) < 4.78 is 5.75. The maximum atomic E-state index is 10.9. The zero-order valence-electron chi connectivity index (χ0n) is 8.74. The Labute approximate surface area is 105 Å². The van der Waals surface area contributed by atoms with Crippen molar-refractivity contribution in [2.24, 2.45) is 0 Å². The predicted octanol–water partition coefficient (Wildman–Crippen LogP) is 2.00. The number of carbonyl (C=O) groups is 1. The lowest BCUT2D eigenvalue weighted by Crippen LogP contribution is -2.01. The maximum Gasteiger partial charge on any atom is 0.353 e. The molecule has 1 aromatic heterocycles. The van der Waals surface area contributed by atoms with Gasteiger partial charge in [0.1, 0.15) is 18.1 Å². The van der Waals surface area contributed by atoms with Crippen LogP contribution in [0.5, 0.6) is 5.75 Å². The van der Waals surface area contributed by atoms with E-state index in [1.807, 2.05) is 0 Å². The van der Waals surface area contributed by atoms with Crippen LogP contribution < -0.4 is 4.74 Å². The quantitative estimate of drug-likeness (QED) is 0.806. The summed E-state index contributed by atoms with van der Waals surface area (Å²) in [6, 6.07) is 5.17. The summed E-state index contributed by atoms with van der Waals surface area (Å²) in [6.45, 7) is 0.145. The first-order chi connectivity index (χ1) is 8.13. The van der Waals surface area contributed by atoms with E-state index in [4.69, 9.17) is 14.9 Å². The van der Waals surface area contributed by atoms with Gasteiger partial charge < -0.3 is 19.9 Å². The van der Waals surface area contributed by atoms with E-state index in [1.54, 1.807) is 18.2 Å². The van der Waals surface area contributed by atoms with E-state index in [2.05, 4.69) is 20.9 Å². The Hall–Kier alpha value is -1.53. The summed E-state index contributed by atoms with van der Waals surface area (Å²) in [7, 11) is 0. The predicted molar refractivity (Wildman–Crippen MR) is 65.5 cm³/mol. The van der Waals surface area contributed by atoms with Gasteiger partial charge in [-0.15, -0.1) is 0 Å². The normalized spacial score (nSPS) is 10.7. The van der Waals surface area contributed by atoms with Gasteiger partial charge in [-0.05, 0) is 34.1 Å². The highest BCUT2D eigenvalue weighted by Crippen LogP contribution is 2.30. The number of aromatic nitrogens is 1. The molecule has 1 heterocycles. The van der Waals surface area contributed by atoms with Crippen LogP contribution in [0.3, 0.4) is 0 Å². The third kappa shape index (κ3) is 2.27. The number of ether oxygens (including phenoxy) is 1. The van der Waals surface area contributed by atoms with Crippen LogP contribution in [0.2, 0.25) is 0 Å². The lowest BCUT2D eigenvalue weighted by atomic mass is 10.2. The smallest absolute Gasteiger partial charge is 0.353 e. The molecule has 17 heavy (non-hydrogen) atoms. The average Bonchev–Trinajstić information content (AvgIpc) is 2.64. The van der Waals surface area contributed by atoms with Crippen molar-refractivity contribution in [3.8, 4) is 5.75 Å². The molecule has 2 rings (SSSR count). The first-order valence-electron chi connectivity index (χ1n) is 4.91. The number of aliphatic hydroxyl groups excluding tert-OH is 1. The van der Waals surface area contributed by atoms with Crippen LogP contribution in [-0.2, 0) is 0 Å². The number of rotatable bonds is 4. The second kappa shape index (κ2) is 4.77. The summed E-state index contributed by atoms with van der Waals surface area (Å²) in [5.41, 5.74) is 0.824. The third-order valence-corrected chi connectivity index (χ3v) is 3.10. The van der Waals surface area contributed by atoms with Crippen LogP contribution >= 0.6 is 15.9 Å². The van der Waals surface area contributed by atoms with Crippen LogP contribution in [0.15, 0.2) is 22.7 Å². The Balaban J connectivity index is 2.46. The second-order valence-corrected chi connectivity index (χ2v) is 4.19. The number of hydrogen-bond donors (Lipinski definition) is 3. The molecular weight excluding hydrogens is 290 g/mol.